The van der Waals surface area contributed by atoms with Crippen molar-refractivity contribution in [2.75, 3.05) is 0 Å². The van der Waals surface area contributed by atoms with Crippen LogP contribution in [0.3, 0.4) is 0 Å². The summed E-state index contributed by atoms with van der Waals surface area (Å²) in [6.45, 7) is 0. The third-order valence-electron chi connectivity index (χ3n) is 10.4. The molecule has 0 saturated carbocycles. The fraction of sp³-hybridized carbons (Fsp3) is 0. The molecular formula is C48H28N6. The van der Waals surface area contributed by atoms with Gasteiger partial charge in [0.1, 0.15) is 0 Å². The SMILES string of the molecule is c1cnc2c(c1)cc(-c1ccc(-c3ccc4cc(-c5ccc6nc(-c7ccnc8c7ccc7cccnc78)ccc6c5)ccc4n3)cc1)c1cccnc12. The van der Waals surface area contributed by atoms with Gasteiger partial charge in [0.2, 0.25) is 0 Å². The Labute approximate surface area is 309 Å². The fourth-order valence-corrected chi connectivity index (χ4v) is 7.73. The van der Waals surface area contributed by atoms with Gasteiger partial charge in [-0.3, -0.25) is 19.9 Å². The lowest BCUT2D eigenvalue weighted by atomic mass is 9.96. The topological polar surface area (TPSA) is 77.3 Å². The van der Waals surface area contributed by atoms with Crippen LogP contribution in [0, 0.1) is 0 Å². The number of nitrogens with zero attached hydrogens (tertiary/aromatic N) is 6. The van der Waals surface area contributed by atoms with Crippen LogP contribution in [0.15, 0.2) is 170 Å². The molecule has 6 nitrogen and oxygen atoms in total. The molecule has 6 heteroatoms. The van der Waals surface area contributed by atoms with Gasteiger partial charge in [-0.05, 0) is 89.0 Å². The third-order valence-corrected chi connectivity index (χ3v) is 10.4. The van der Waals surface area contributed by atoms with Crippen molar-refractivity contribution in [3.63, 3.8) is 0 Å². The smallest absolute Gasteiger partial charge is 0.0971 e. The minimum absolute atomic E-state index is 0.889. The zero-order valence-electron chi connectivity index (χ0n) is 28.8. The summed E-state index contributed by atoms with van der Waals surface area (Å²) in [5.41, 5.74) is 14.1. The van der Waals surface area contributed by atoms with Crippen molar-refractivity contribution in [2.24, 2.45) is 0 Å². The minimum atomic E-state index is 0.889. The highest BCUT2D eigenvalue weighted by Gasteiger charge is 2.13. The first kappa shape index (κ1) is 30.2. The number of fused-ring (bicyclic) bond motifs is 8. The summed E-state index contributed by atoms with van der Waals surface area (Å²) in [5, 5.41) is 6.47. The van der Waals surface area contributed by atoms with Gasteiger partial charge in [-0.1, -0.05) is 78.9 Å². The molecule has 0 unspecified atom stereocenters. The van der Waals surface area contributed by atoms with Crippen molar-refractivity contribution < 1.29 is 0 Å². The van der Waals surface area contributed by atoms with Crippen LogP contribution in [0.1, 0.15) is 0 Å². The van der Waals surface area contributed by atoms with Gasteiger partial charge in [-0.25, -0.2) is 9.97 Å². The lowest BCUT2D eigenvalue weighted by Crippen LogP contribution is -1.91. The highest BCUT2D eigenvalue weighted by molar-refractivity contribution is 6.10. The van der Waals surface area contributed by atoms with E-state index in [4.69, 9.17) is 9.97 Å². The van der Waals surface area contributed by atoms with E-state index in [0.29, 0.717) is 0 Å². The molecule has 0 bridgehead atoms. The average Bonchev–Trinajstić information content (AvgIpc) is 3.25. The second kappa shape index (κ2) is 12.1. The average molecular weight is 689 g/mol. The monoisotopic (exact) mass is 688 g/mol. The zero-order valence-corrected chi connectivity index (χ0v) is 28.8. The zero-order chi connectivity index (χ0) is 35.6. The first-order chi connectivity index (χ1) is 26.7. The minimum Gasteiger partial charge on any atom is -0.254 e. The van der Waals surface area contributed by atoms with Crippen molar-refractivity contribution in [3.8, 4) is 44.8 Å². The summed E-state index contributed by atoms with van der Waals surface area (Å²) in [4.78, 5) is 28.7. The first-order valence-electron chi connectivity index (χ1n) is 17.9. The second-order valence-electron chi connectivity index (χ2n) is 13.6. The molecule has 0 fully saturated rings. The van der Waals surface area contributed by atoms with E-state index in [-0.39, 0.29) is 0 Å². The number of pyridine rings is 6. The standard InChI is InChI=1S/C48H28N6/c1-4-31-11-16-39-37(21-25-52-48(39)45(31)49-22-1)44-20-15-35-27-33(13-18-43(35)54-44)32-12-17-42-34(26-32)14-19-41(53-42)30-9-7-29(8-10-30)40-28-36-5-2-23-50-46(36)47-38(40)6-3-24-51-47/h1-28H. The maximum Gasteiger partial charge on any atom is 0.0971 e. The lowest BCUT2D eigenvalue weighted by molar-refractivity contribution is 1.36. The molecule has 0 radical (unpaired) electrons. The van der Waals surface area contributed by atoms with E-state index in [1.165, 1.54) is 0 Å². The Hall–Kier alpha value is -7.44. The molecule has 0 aliphatic rings. The molecule has 6 heterocycles. The largest absolute Gasteiger partial charge is 0.254 e. The van der Waals surface area contributed by atoms with Gasteiger partial charge in [0.25, 0.3) is 0 Å². The molecular weight excluding hydrogens is 661 g/mol. The molecule has 0 saturated heterocycles. The Morgan fingerprint density at radius 3 is 1.57 bits per heavy atom. The molecule has 6 aromatic heterocycles. The van der Waals surface area contributed by atoms with Gasteiger partial charge in [-0.15, -0.1) is 0 Å². The molecule has 54 heavy (non-hydrogen) atoms. The lowest BCUT2D eigenvalue weighted by Gasteiger charge is -2.11. The van der Waals surface area contributed by atoms with E-state index in [0.717, 1.165) is 110 Å². The van der Waals surface area contributed by atoms with E-state index >= 15 is 0 Å². The Kier molecular flexibility index (Phi) is 6.75. The number of rotatable bonds is 4. The number of hydrogen-bond donors (Lipinski definition) is 0. The fourth-order valence-electron chi connectivity index (χ4n) is 7.73. The Morgan fingerprint density at radius 1 is 0.296 bits per heavy atom. The van der Waals surface area contributed by atoms with Crippen LogP contribution in [0.2, 0.25) is 0 Å². The number of hydrogen-bond acceptors (Lipinski definition) is 6. The van der Waals surface area contributed by atoms with Gasteiger partial charge >= 0.3 is 0 Å². The van der Waals surface area contributed by atoms with Crippen LogP contribution >= 0.6 is 0 Å². The Morgan fingerprint density at radius 2 is 0.833 bits per heavy atom. The maximum absolute atomic E-state index is 5.08. The van der Waals surface area contributed by atoms with Gasteiger partial charge in [0.15, 0.2) is 0 Å². The summed E-state index contributed by atoms with van der Waals surface area (Å²) in [6, 6.07) is 50.8. The Balaban J connectivity index is 0.887. The highest BCUT2D eigenvalue weighted by Crippen LogP contribution is 2.36. The summed E-state index contributed by atoms with van der Waals surface area (Å²) in [6.07, 6.45) is 7.32. The van der Waals surface area contributed by atoms with Gasteiger partial charge in [0.05, 0.1) is 44.5 Å². The van der Waals surface area contributed by atoms with Crippen LogP contribution in [0.4, 0.5) is 0 Å². The van der Waals surface area contributed by atoms with Crippen molar-refractivity contribution in [1.82, 2.24) is 29.9 Å². The highest BCUT2D eigenvalue weighted by atomic mass is 14.7. The predicted octanol–water partition coefficient (Wildman–Crippen LogP) is 11.6. The van der Waals surface area contributed by atoms with Gasteiger partial charge in [0, 0.05) is 68.2 Å². The van der Waals surface area contributed by atoms with E-state index in [1.54, 1.807) is 0 Å². The maximum atomic E-state index is 5.08. The quantitative estimate of drug-likeness (QED) is 0.171. The molecule has 0 amide bonds. The van der Waals surface area contributed by atoms with Gasteiger partial charge < -0.3 is 0 Å². The molecule has 0 aliphatic heterocycles. The van der Waals surface area contributed by atoms with Gasteiger partial charge in [-0.2, -0.15) is 0 Å². The molecule has 0 atom stereocenters. The molecule has 0 spiro atoms. The summed E-state index contributed by atoms with van der Waals surface area (Å²) in [5.74, 6) is 0. The first-order valence-corrected chi connectivity index (χ1v) is 17.9. The van der Waals surface area contributed by atoms with Crippen LogP contribution in [0.5, 0.6) is 0 Å². The van der Waals surface area contributed by atoms with Crippen LogP contribution < -0.4 is 0 Å². The van der Waals surface area contributed by atoms with E-state index < -0.39 is 0 Å². The molecule has 5 aromatic carbocycles. The second-order valence-corrected chi connectivity index (χ2v) is 13.6. The number of aromatic nitrogens is 6. The van der Waals surface area contributed by atoms with E-state index in [2.05, 4.69) is 141 Å². The van der Waals surface area contributed by atoms with Crippen molar-refractivity contribution >= 4 is 65.4 Å². The summed E-state index contributed by atoms with van der Waals surface area (Å²) >= 11 is 0. The van der Waals surface area contributed by atoms with Crippen LogP contribution in [0.25, 0.3) is 110 Å². The Bertz CT molecular complexity index is 3280. The van der Waals surface area contributed by atoms with E-state index in [1.807, 2.05) is 49.1 Å². The molecule has 11 rings (SSSR count). The van der Waals surface area contributed by atoms with Crippen LogP contribution in [-0.2, 0) is 0 Å². The summed E-state index contributed by atoms with van der Waals surface area (Å²) < 4.78 is 0. The van der Waals surface area contributed by atoms with Crippen molar-refractivity contribution in [3.05, 3.63) is 170 Å². The van der Waals surface area contributed by atoms with E-state index in [9.17, 15) is 0 Å². The van der Waals surface area contributed by atoms with Crippen molar-refractivity contribution in [1.29, 1.82) is 0 Å². The molecule has 0 aliphatic carbocycles. The molecule has 250 valence electrons. The molecule has 11 aromatic rings. The summed E-state index contributed by atoms with van der Waals surface area (Å²) in [7, 11) is 0. The van der Waals surface area contributed by atoms with Crippen LogP contribution in [-0.4, -0.2) is 29.9 Å². The molecule has 0 N–H and O–H groups in total. The number of benzene rings is 5. The third kappa shape index (κ3) is 4.96. The predicted molar refractivity (Wildman–Crippen MR) is 220 cm³/mol. The normalized spacial score (nSPS) is 11.7. The van der Waals surface area contributed by atoms with Crippen molar-refractivity contribution in [2.45, 2.75) is 0 Å².